The molecule has 7 heteroatoms. The minimum Gasteiger partial charge on any atom is -0.384 e. The van der Waals surface area contributed by atoms with E-state index in [1.165, 1.54) is 7.11 Å². The summed E-state index contributed by atoms with van der Waals surface area (Å²) in [6.07, 6.45) is 3.43. The summed E-state index contributed by atoms with van der Waals surface area (Å²) in [6.45, 7) is 1.52. The summed E-state index contributed by atoms with van der Waals surface area (Å²) < 4.78 is 30.9. The Labute approximate surface area is 114 Å². The number of nitrogens with zero attached hydrogens (tertiary/aromatic N) is 1. The van der Waals surface area contributed by atoms with E-state index in [2.05, 4.69) is 4.72 Å². The maximum Gasteiger partial charge on any atom is 0.225 e. The molecule has 0 bridgehead atoms. The first-order chi connectivity index (χ1) is 9.02. The van der Waals surface area contributed by atoms with Gasteiger partial charge in [0.15, 0.2) is 0 Å². The van der Waals surface area contributed by atoms with Crippen molar-refractivity contribution in [3.63, 3.8) is 0 Å². The van der Waals surface area contributed by atoms with Crippen LogP contribution in [0.3, 0.4) is 0 Å². The zero-order valence-corrected chi connectivity index (χ0v) is 12.1. The maximum absolute atomic E-state index is 11.9. The molecule has 1 amide bonds. The van der Waals surface area contributed by atoms with E-state index in [-0.39, 0.29) is 30.2 Å². The third-order valence-corrected chi connectivity index (χ3v) is 5.03. The van der Waals surface area contributed by atoms with Crippen LogP contribution in [0.1, 0.15) is 25.7 Å². The number of piperidine rings is 1. The Morgan fingerprint density at radius 1 is 1.26 bits per heavy atom. The van der Waals surface area contributed by atoms with Gasteiger partial charge in [0.25, 0.3) is 0 Å². The van der Waals surface area contributed by atoms with Crippen LogP contribution in [0.25, 0.3) is 0 Å². The lowest BCUT2D eigenvalue weighted by Crippen LogP contribution is -2.47. The molecule has 1 heterocycles. The number of ether oxygens (including phenoxy) is 1. The van der Waals surface area contributed by atoms with Crippen LogP contribution in [0.5, 0.6) is 0 Å². The third kappa shape index (κ3) is 4.43. The molecule has 0 aromatic carbocycles. The number of methoxy groups -OCH3 is 1. The molecule has 0 unspecified atom stereocenters. The molecule has 1 N–H and O–H groups in total. The third-order valence-electron chi connectivity index (χ3n) is 3.64. The highest BCUT2D eigenvalue weighted by Gasteiger charge is 2.35. The van der Waals surface area contributed by atoms with Crippen LogP contribution in [-0.2, 0) is 19.6 Å². The first-order valence-corrected chi connectivity index (χ1v) is 8.45. The van der Waals surface area contributed by atoms with Gasteiger partial charge >= 0.3 is 0 Å². The van der Waals surface area contributed by atoms with Crippen LogP contribution in [0.15, 0.2) is 0 Å². The lowest BCUT2D eigenvalue weighted by Gasteiger charge is -2.32. The molecule has 19 heavy (non-hydrogen) atoms. The van der Waals surface area contributed by atoms with Gasteiger partial charge in [0.1, 0.15) is 0 Å². The topological polar surface area (TPSA) is 75.7 Å². The van der Waals surface area contributed by atoms with Crippen LogP contribution in [0.4, 0.5) is 0 Å². The van der Waals surface area contributed by atoms with Crippen LogP contribution in [0, 0.1) is 5.92 Å². The highest BCUT2D eigenvalue weighted by Crippen LogP contribution is 2.31. The number of likely N-dealkylation sites (tertiary alicyclic amines) is 1. The standard InChI is InChI=1S/C12H22N2O4S/c1-18-8-9-19(16,17)13-11-4-6-14(7-5-11)12(15)10-2-3-10/h10-11,13H,2-9H2,1H3. The minimum absolute atomic E-state index is 0.00921. The Kier molecular flexibility index (Phi) is 4.81. The fraction of sp³-hybridized carbons (Fsp3) is 0.917. The fourth-order valence-electron chi connectivity index (χ4n) is 2.31. The number of nitrogens with one attached hydrogen (secondary N) is 1. The molecular formula is C12H22N2O4S. The molecule has 2 fully saturated rings. The Balaban J connectivity index is 1.75. The van der Waals surface area contributed by atoms with Gasteiger partial charge in [0.2, 0.25) is 15.9 Å². The predicted molar refractivity (Wildman–Crippen MR) is 71.1 cm³/mol. The van der Waals surface area contributed by atoms with Crippen molar-refractivity contribution >= 4 is 15.9 Å². The number of hydrogen-bond acceptors (Lipinski definition) is 4. The van der Waals surface area contributed by atoms with Gasteiger partial charge in [-0.25, -0.2) is 13.1 Å². The Bertz CT molecular complexity index is 411. The second-order valence-electron chi connectivity index (χ2n) is 5.30. The molecule has 0 spiro atoms. The summed E-state index contributed by atoms with van der Waals surface area (Å²) in [5.74, 6) is 0.487. The van der Waals surface area contributed by atoms with Crippen molar-refractivity contribution < 1.29 is 17.9 Å². The molecule has 110 valence electrons. The highest BCUT2D eigenvalue weighted by atomic mass is 32.2. The molecule has 1 saturated heterocycles. The Morgan fingerprint density at radius 2 is 1.89 bits per heavy atom. The Hall–Kier alpha value is -0.660. The van der Waals surface area contributed by atoms with Gasteiger partial charge in [-0.3, -0.25) is 4.79 Å². The van der Waals surface area contributed by atoms with Gasteiger partial charge in [-0.05, 0) is 25.7 Å². The van der Waals surface area contributed by atoms with Crippen LogP contribution >= 0.6 is 0 Å². The molecule has 1 aliphatic carbocycles. The molecule has 2 aliphatic rings. The molecule has 0 aromatic rings. The summed E-state index contributed by atoms with van der Waals surface area (Å²) >= 11 is 0. The average molecular weight is 290 g/mol. The monoisotopic (exact) mass is 290 g/mol. The van der Waals surface area contributed by atoms with E-state index in [4.69, 9.17) is 4.74 Å². The molecular weight excluding hydrogens is 268 g/mol. The predicted octanol–water partition coefficient (Wildman–Crippen LogP) is -0.0468. The van der Waals surface area contributed by atoms with E-state index < -0.39 is 10.0 Å². The van der Waals surface area contributed by atoms with E-state index >= 15 is 0 Å². The molecule has 1 aliphatic heterocycles. The normalized spacial score (nSPS) is 21.6. The number of carbonyl (C=O) groups is 1. The molecule has 2 rings (SSSR count). The van der Waals surface area contributed by atoms with Gasteiger partial charge < -0.3 is 9.64 Å². The highest BCUT2D eigenvalue weighted by molar-refractivity contribution is 7.89. The van der Waals surface area contributed by atoms with Crippen LogP contribution in [-0.4, -0.2) is 57.8 Å². The first-order valence-electron chi connectivity index (χ1n) is 6.79. The van der Waals surface area contributed by atoms with E-state index in [0.29, 0.717) is 25.9 Å². The summed E-state index contributed by atoms with van der Waals surface area (Å²) in [7, 11) is -1.78. The lowest BCUT2D eigenvalue weighted by atomic mass is 10.1. The van der Waals surface area contributed by atoms with Crippen LogP contribution in [0.2, 0.25) is 0 Å². The smallest absolute Gasteiger partial charge is 0.225 e. The van der Waals surface area contributed by atoms with Gasteiger partial charge in [-0.2, -0.15) is 0 Å². The second-order valence-corrected chi connectivity index (χ2v) is 7.18. The zero-order chi connectivity index (χ0) is 13.9. The molecule has 0 radical (unpaired) electrons. The zero-order valence-electron chi connectivity index (χ0n) is 11.3. The Morgan fingerprint density at radius 3 is 2.42 bits per heavy atom. The molecule has 0 aromatic heterocycles. The van der Waals surface area contributed by atoms with E-state index in [1.807, 2.05) is 4.90 Å². The van der Waals surface area contributed by atoms with Crippen molar-refractivity contribution in [2.75, 3.05) is 32.6 Å². The van der Waals surface area contributed by atoms with Crippen molar-refractivity contribution in [2.24, 2.45) is 5.92 Å². The van der Waals surface area contributed by atoms with Crippen LogP contribution < -0.4 is 4.72 Å². The van der Waals surface area contributed by atoms with E-state index in [9.17, 15) is 13.2 Å². The van der Waals surface area contributed by atoms with Crippen molar-refractivity contribution in [1.82, 2.24) is 9.62 Å². The number of rotatable bonds is 6. The van der Waals surface area contributed by atoms with Crippen molar-refractivity contribution in [1.29, 1.82) is 0 Å². The van der Waals surface area contributed by atoms with Crippen molar-refractivity contribution in [2.45, 2.75) is 31.7 Å². The number of carbonyl (C=O) groups excluding carboxylic acids is 1. The average Bonchev–Trinajstić information content (AvgIpc) is 3.20. The molecule has 1 saturated carbocycles. The number of amides is 1. The maximum atomic E-state index is 11.9. The summed E-state index contributed by atoms with van der Waals surface area (Å²) in [4.78, 5) is 13.7. The summed E-state index contributed by atoms with van der Waals surface area (Å²) in [5.41, 5.74) is 0. The largest absolute Gasteiger partial charge is 0.384 e. The lowest BCUT2D eigenvalue weighted by molar-refractivity contribution is -0.133. The van der Waals surface area contributed by atoms with Gasteiger partial charge in [-0.15, -0.1) is 0 Å². The van der Waals surface area contributed by atoms with E-state index in [1.54, 1.807) is 0 Å². The van der Waals surface area contributed by atoms with Crippen molar-refractivity contribution in [3.8, 4) is 0 Å². The second kappa shape index (κ2) is 6.19. The van der Waals surface area contributed by atoms with Gasteiger partial charge in [-0.1, -0.05) is 0 Å². The summed E-state index contributed by atoms with van der Waals surface area (Å²) in [6, 6.07) is -0.0508. The summed E-state index contributed by atoms with van der Waals surface area (Å²) in [5, 5.41) is 0. The van der Waals surface area contributed by atoms with Crippen molar-refractivity contribution in [3.05, 3.63) is 0 Å². The van der Waals surface area contributed by atoms with E-state index in [0.717, 1.165) is 12.8 Å². The minimum atomic E-state index is -3.26. The SMILES string of the molecule is COCCS(=O)(=O)NC1CCN(C(=O)C2CC2)CC1. The quantitative estimate of drug-likeness (QED) is 0.744. The number of sulfonamides is 1. The van der Waals surface area contributed by atoms with Gasteiger partial charge in [0.05, 0.1) is 12.4 Å². The first kappa shape index (κ1) is 14.7. The molecule has 0 atom stereocenters. The number of hydrogen-bond donors (Lipinski definition) is 1. The van der Waals surface area contributed by atoms with Gasteiger partial charge in [0, 0.05) is 32.2 Å². The fourth-order valence-corrected chi connectivity index (χ4v) is 3.56. The molecule has 6 nitrogen and oxygen atoms in total.